The van der Waals surface area contributed by atoms with Gasteiger partial charge in [0.1, 0.15) is 0 Å². The van der Waals surface area contributed by atoms with Gasteiger partial charge in [0.2, 0.25) is 0 Å². The monoisotopic (exact) mass is 212 g/mol. The maximum atomic E-state index is 3.80. The van der Waals surface area contributed by atoms with Crippen molar-refractivity contribution < 1.29 is 32.7 Å². The molecule has 0 fully saturated rings. The van der Waals surface area contributed by atoms with E-state index in [1.54, 1.807) is 0 Å². The van der Waals surface area contributed by atoms with E-state index < -0.39 is 0 Å². The third kappa shape index (κ3) is 3.75. The molecule has 0 aromatic heterocycles. The SMILES string of the molecule is [CH2-]CCC1=CCNC[CH-]1.[Y]. The Morgan fingerprint density at radius 1 is 1.70 bits per heavy atom. The van der Waals surface area contributed by atoms with Gasteiger partial charge in [0.05, 0.1) is 0 Å². The quantitative estimate of drug-likeness (QED) is 0.681. The smallest absolute Gasteiger partial charge is 0 e. The van der Waals surface area contributed by atoms with Gasteiger partial charge < -0.3 is 12.2 Å². The van der Waals surface area contributed by atoms with E-state index in [4.69, 9.17) is 0 Å². The van der Waals surface area contributed by atoms with Crippen molar-refractivity contribution in [3.8, 4) is 0 Å². The predicted octanol–water partition coefficient (Wildman–Crippen LogP) is 1.33. The Bertz CT molecular complexity index is 110. The molecule has 1 rings (SSSR count). The Morgan fingerprint density at radius 2 is 2.50 bits per heavy atom. The molecule has 1 radical (unpaired) electrons. The minimum Gasteiger partial charge on any atom is -0.343 e. The summed E-state index contributed by atoms with van der Waals surface area (Å²) in [6.07, 6.45) is 6.62. The maximum absolute atomic E-state index is 3.80. The third-order valence-electron chi connectivity index (χ3n) is 1.48. The van der Waals surface area contributed by atoms with Gasteiger partial charge >= 0.3 is 0 Å². The van der Waals surface area contributed by atoms with Crippen molar-refractivity contribution in [3.05, 3.63) is 25.0 Å². The average Bonchev–Trinajstić information content (AvgIpc) is 1.91. The van der Waals surface area contributed by atoms with Gasteiger partial charge in [0.15, 0.2) is 0 Å². The predicted molar refractivity (Wildman–Crippen MR) is 39.8 cm³/mol. The van der Waals surface area contributed by atoms with Gasteiger partial charge in [-0.15, -0.1) is 0 Å². The van der Waals surface area contributed by atoms with E-state index in [0.717, 1.165) is 25.9 Å². The second-order valence-corrected chi connectivity index (χ2v) is 2.24. The first-order valence-corrected chi connectivity index (χ1v) is 3.45. The molecule has 0 amide bonds. The van der Waals surface area contributed by atoms with Crippen LogP contribution in [0.4, 0.5) is 0 Å². The van der Waals surface area contributed by atoms with Crippen LogP contribution in [0, 0.1) is 13.3 Å². The van der Waals surface area contributed by atoms with Crippen molar-refractivity contribution in [1.29, 1.82) is 0 Å². The Morgan fingerprint density at radius 3 is 3.00 bits per heavy atom. The number of nitrogens with one attached hydrogen (secondary N) is 1. The van der Waals surface area contributed by atoms with Crippen LogP contribution in [0.5, 0.6) is 0 Å². The molecule has 55 valence electrons. The summed E-state index contributed by atoms with van der Waals surface area (Å²) >= 11 is 0. The zero-order valence-corrected chi connectivity index (χ0v) is 9.11. The minimum absolute atomic E-state index is 0. The van der Waals surface area contributed by atoms with E-state index in [0.29, 0.717) is 0 Å². The van der Waals surface area contributed by atoms with Crippen molar-refractivity contribution in [2.24, 2.45) is 0 Å². The molecular formula is C8H13NY-2. The summed E-state index contributed by atoms with van der Waals surface area (Å²) in [6, 6.07) is 0. The van der Waals surface area contributed by atoms with Crippen molar-refractivity contribution in [3.63, 3.8) is 0 Å². The fourth-order valence-corrected chi connectivity index (χ4v) is 0.981. The standard InChI is InChI=1S/C8H13N.Y/c1-2-3-8-4-6-9-7-5-8;/h4-5,9H,1-3,6-7H2;/q-2;. The normalized spacial score (nSPS) is 16.7. The summed E-state index contributed by atoms with van der Waals surface area (Å²) in [7, 11) is 0. The number of hydrogen-bond acceptors (Lipinski definition) is 1. The summed E-state index contributed by atoms with van der Waals surface area (Å²) in [5.41, 5.74) is 1.46. The van der Waals surface area contributed by atoms with Crippen LogP contribution >= 0.6 is 0 Å². The topological polar surface area (TPSA) is 12.0 Å². The van der Waals surface area contributed by atoms with E-state index >= 15 is 0 Å². The molecule has 0 bridgehead atoms. The summed E-state index contributed by atoms with van der Waals surface area (Å²) < 4.78 is 0. The second-order valence-electron chi connectivity index (χ2n) is 2.24. The molecule has 1 N–H and O–H groups in total. The van der Waals surface area contributed by atoms with Gasteiger partial charge in [-0.3, -0.25) is 0 Å². The van der Waals surface area contributed by atoms with Crippen molar-refractivity contribution in [1.82, 2.24) is 5.32 Å². The molecule has 10 heavy (non-hydrogen) atoms. The van der Waals surface area contributed by atoms with E-state index in [1.165, 1.54) is 5.57 Å². The van der Waals surface area contributed by atoms with E-state index in [2.05, 4.69) is 24.7 Å². The van der Waals surface area contributed by atoms with Crippen LogP contribution in [-0.4, -0.2) is 13.1 Å². The van der Waals surface area contributed by atoms with Crippen molar-refractivity contribution >= 4 is 0 Å². The van der Waals surface area contributed by atoms with Crippen LogP contribution < -0.4 is 5.32 Å². The van der Waals surface area contributed by atoms with E-state index in [1.807, 2.05) is 0 Å². The molecule has 0 saturated carbocycles. The van der Waals surface area contributed by atoms with E-state index in [-0.39, 0.29) is 32.7 Å². The van der Waals surface area contributed by atoms with Crippen LogP contribution in [0.15, 0.2) is 11.6 Å². The second kappa shape index (κ2) is 6.39. The Kier molecular flexibility index (Phi) is 6.82. The zero-order valence-electron chi connectivity index (χ0n) is 6.27. The first-order chi connectivity index (χ1) is 4.43. The number of hydrogen-bond donors (Lipinski definition) is 1. The Labute approximate surface area is 88.5 Å². The third-order valence-corrected chi connectivity index (χ3v) is 1.48. The van der Waals surface area contributed by atoms with E-state index in [9.17, 15) is 0 Å². The molecular weight excluding hydrogens is 199 g/mol. The summed E-state index contributed by atoms with van der Waals surface area (Å²) in [5, 5.41) is 3.22. The van der Waals surface area contributed by atoms with Gasteiger partial charge in [-0.05, 0) is 0 Å². The van der Waals surface area contributed by atoms with Gasteiger partial charge in [-0.1, -0.05) is 19.5 Å². The molecule has 2 heteroatoms. The molecule has 1 nitrogen and oxygen atoms in total. The van der Waals surface area contributed by atoms with Gasteiger partial charge in [-0.2, -0.15) is 6.42 Å². The maximum Gasteiger partial charge on any atom is 0 e. The average molecular weight is 212 g/mol. The Hall–Kier alpha value is 0.674. The summed E-state index contributed by atoms with van der Waals surface area (Å²) in [6.45, 7) is 5.87. The van der Waals surface area contributed by atoms with Crippen LogP contribution in [0.1, 0.15) is 12.8 Å². The molecule has 0 aromatic rings. The number of rotatable bonds is 2. The largest absolute Gasteiger partial charge is 0.343 e. The van der Waals surface area contributed by atoms with Gasteiger partial charge in [0, 0.05) is 32.7 Å². The summed E-state index contributed by atoms with van der Waals surface area (Å²) in [5.74, 6) is 0. The van der Waals surface area contributed by atoms with Crippen molar-refractivity contribution in [2.45, 2.75) is 12.8 Å². The van der Waals surface area contributed by atoms with Crippen LogP contribution in [0.3, 0.4) is 0 Å². The first kappa shape index (κ1) is 10.7. The fourth-order valence-electron chi connectivity index (χ4n) is 0.981. The van der Waals surface area contributed by atoms with Gasteiger partial charge in [0.25, 0.3) is 0 Å². The van der Waals surface area contributed by atoms with Crippen LogP contribution in [0.2, 0.25) is 0 Å². The molecule has 0 unspecified atom stereocenters. The molecule has 0 saturated heterocycles. The van der Waals surface area contributed by atoms with Crippen molar-refractivity contribution in [2.75, 3.05) is 13.1 Å². The summed E-state index contributed by atoms with van der Waals surface area (Å²) in [4.78, 5) is 0. The van der Waals surface area contributed by atoms with Gasteiger partial charge in [-0.25, -0.2) is 18.1 Å². The molecule has 1 aliphatic rings. The molecule has 0 atom stereocenters. The minimum atomic E-state index is 0. The fraction of sp³-hybridized carbons (Fsp3) is 0.500. The zero-order chi connectivity index (χ0) is 6.53. The molecule has 0 aliphatic carbocycles. The van der Waals surface area contributed by atoms with Crippen LogP contribution in [-0.2, 0) is 32.7 Å². The Balaban J connectivity index is 0.000000810. The van der Waals surface area contributed by atoms with Crippen LogP contribution in [0.25, 0.3) is 0 Å². The molecule has 1 heterocycles. The molecule has 0 spiro atoms. The molecule has 1 aliphatic heterocycles. The first-order valence-electron chi connectivity index (χ1n) is 3.45. The molecule has 0 aromatic carbocycles.